The Morgan fingerprint density at radius 3 is 2.70 bits per heavy atom. The maximum Gasteiger partial charge on any atom is 0.318 e. The third kappa shape index (κ3) is 3.42. The molecule has 2 aromatic carbocycles. The van der Waals surface area contributed by atoms with Crippen molar-refractivity contribution in [3.63, 3.8) is 0 Å². The lowest BCUT2D eigenvalue weighted by atomic mass is 10.0. The molecule has 2 rings (SSSR count). The van der Waals surface area contributed by atoms with Gasteiger partial charge >= 0.3 is 5.97 Å². The molecule has 106 valence electrons. The summed E-state index contributed by atoms with van der Waals surface area (Å²) < 4.78 is 5.19. The molecule has 0 heterocycles. The van der Waals surface area contributed by atoms with E-state index < -0.39 is 0 Å². The van der Waals surface area contributed by atoms with E-state index in [1.54, 1.807) is 6.07 Å². The molecule has 3 nitrogen and oxygen atoms in total. The van der Waals surface area contributed by atoms with E-state index >= 15 is 0 Å². The van der Waals surface area contributed by atoms with Crippen LogP contribution >= 0.6 is 22.6 Å². The molecule has 0 aliphatic rings. The number of phenols is 1. The van der Waals surface area contributed by atoms with Gasteiger partial charge in [-0.15, -0.1) is 0 Å². The van der Waals surface area contributed by atoms with E-state index in [0.29, 0.717) is 13.0 Å². The van der Waals surface area contributed by atoms with Crippen LogP contribution in [0, 0.1) is 0 Å². The second kappa shape index (κ2) is 6.92. The Labute approximate surface area is 132 Å². The number of esters is 1. The van der Waals surface area contributed by atoms with Gasteiger partial charge in [-0.2, -0.15) is 0 Å². The highest BCUT2D eigenvalue weighted by Gasteiger charge is 2.13. The Kier molecular flexibility index (Phi) is 5.23. The molecule has 0 saturated carbocycles. The summed E-state index contributed by atoms with van der Waals surface area (Å²) in [5, 5.41) is 11.7. The molecule has 0 bridgehead atoms. The van der Waals surface area contributed by atoms with Gasteiger partial charge in [-0.25, -0.2) is 0 Å². The van der Waals surface area contributed by atoms with E-state index in [9.17, 15) is 9.90 Å². The van der Waals surface area contributed by atoms with Gasteiger partial charge in [-0.05, 0) is 23.4 Å². The molecule has 0 radical (unpaired) electrons. The Morgan fingerprint density at radius 1 is 1.25 bits per heavy atom. The van der Waals surface area contributed by atoms with Crippen LogP contribution in [0.2, 0.25) is 0 Å². The van der Waals surface area contributed by atoms with Gasteiger partial charge in [-0.1, -0.05) is 59.8 Å². The van der Waals surface area contributed by atoms with E-state index in [1.165, 1.54) is 0 Å². The third-order valence-corrected chi connectivity index (χ3v) is 4.61. The first-order valence-corrected chi connectivity index (χ1v) is 7.88. The zero-order valence-electron chi connectivity index (χ0n) is 11.3. The average Bonchev–Trinajstić information content (AvgIpc) is 2.47. The molecule has 4 heteroatoms. The summed E-state index contributed by atoms with van der Waals surface area (Å²) >= 11 is 2.10. The van der Waals surface area contributed by atoms with Crippen LogP contribution in [0.4, 0.5) is 0 Å². The van der Waals surface area contributed by atoms with Gasteiger partial charge < -0.3 is 9.84 Å². The molecule has 0 spiro atoms. The lowest BCUT2D eigenvalue weighted by molar-refractivity contribution is -0.142. The Hall–Kier alpha value is -1.30. The number of halogens is 1. The van der Waals surface area contributed by atoms with Crippen molar-refractivity contribution in [2.24, 2.45) is 0 Å². The number of hydrogen-bond acceptors (Lipinski definition) is 3. The van der Waals surface area contributed by atoms with E-state index in [1.807, 2.05) is 37.3 Å². The molecule has 0 aliphatic carbocycles. The zero-order chi connectivity index (χ0) is 14.5. The van der Waals surface area contributed by atoms with Gasteiger partial charge in [-0.3, -0.25) is 4.79 Å². The minimum atomic E-state index is -0.156. The summed E-state index contributed by atoms with van der Waals surface area (Å²) in [5.41, 5.74) is 1.08. The maximum atomic E-state index is 11.6. The van der Waals surface area contributed by atoms with Crippen molar-refractivity contribution in [1.29, 1.82) is 0 Å². The Balaban J connectivity index is 2.07. The summed E-state index contributed by atoms with van der Waals surface area (Å²) in [6.07, 6.45) is 1.43. The molecule has 0 fully saturated rings. The van der Waals surface area contributed by atoms with E-state index in [4.69, 9.17) is 4.74 Å². The van der Waals surface area contributed by atoms with Crippen LogP contribution in [0.1, 0.15) is 18.9 Å². The monoisotopic (exact) mass is 384 g/mol. The first-order chi connectivity index (χ1) is 9.63. The van der Waals surface area contributed by atoms with Crippen LogP contribution in [0.15, 0.2) is 36.4 Å². The zero-order valence-corrected chi connectivity index (χ0v) is 13.5. The number of alkyl halides is 1. The summed E-state index contributed by atoms with van der Waals surface area (Å²) in [7, 11) is 0. The number of fused-ring (bicyclic) bond motifs is 1. The van der Waals surface area contributed by atoms with Crippen molar-refractivity contribution in [3.8, 4) is 5.75 Å². The van der Waals surface area contributed by atoms with Gasteiger partial charge in [0, 0.05) is 11.8 Å². The van der Waals surface area contributed by atoms with E-state index in [2.05, 4.69) is 22.6 Å². The van der Waals surface area contributed by atoms with Gasteiger partial charge in [0.05, 0.1) is 6.61 Å². The predicted molar refractivity (Wildman–Crippen MR) is 88.4 cm³/mol. The highest BCUT2D eigenvalue weighted by Crippen LogP contribution is 2.27. The molecular weight excluding hydrogens is 367 g/mol. The summed E-state index contributed by atoms with van der Waals surface area (Å²) in [5.74, 6) is 0.121. The summed E-state index contributed by atoms with van der Waals surface area (Å²) in [4.78, 5) is 11.6. The Bertz CT molecular complexity index is 610. The molecule has 0 saturated heterocycles. The minimum Gasteiger partial charge on any atom is -0.507 e. The van der Waals surface area contributed by atoms with Gasteiger partial charge in [0.1, 0.15) is 9.67 Å². The van der Waals surface area contributed by atoms with Crippen molar-refractivity contribution in [3.05, 3.63) is 42.0 Å². The van der Waals surface area contributed by atoms with E-state index in [-0.39, 0.29) is 15.6 Å². The van der Waals surface area contributed by atoms with Crippen LogP contribution < -0.4 is 0 Å². The van der Waals surface area contributed by atoms with Gasteiger partial charge in [0.2, 0.25) is 0 Å². The van der Waals surface area contributed by atoms with Crippen LogP contribution in [-0.2, 0) is 16.0 Å². The molecule has 2 aromatic rings. The lowest BCUT2D eigenvalue weighted by Crippen LogP contribution is -2.17. The molecule has 1 atom stereocenters. The van der Waals surface area contributed by atoms with Gasteiger partial charge in [0.25, 0.3) is 0 Å². The molecule has 0 amide bonds. The SMILES string of the molecule is CCC(I)C(=O)OCCc1cccc2c(O)cccc12. The first-order valence-electron chi connectivity index (χ1n) is 6.63. The highest BCUT2D eigenvalue weighted by molar-refractivity contribution is 14.1. The number of ether oxygens (including phenoxy) is 1. The normalized spacial score (nSPS) is 12.3. The van der Waals surface area contributed by atoms with Gasteiger partial charge in [0.15, 0.2) is 0 Å². The molecule has 0 aromatic heterocycles. The smallest absolute Gasteiger partial charge is 0.318 e. The number of carbonyl (C=O) groups excluding carboxylic acids is 1. The fourth-order valence-corrected chi connectivity index (χ4v) is 2.27. The standard InChI is InChI=1S/C16H17IO3/c1-2-14(17)16(19)20-10-9-11-5-3-7-13-12(11)6-4-8-15(13)18/h3-8,14,18H,2,9-10H2,1H3. The van der Waals surface area contributed by atoms with Crippen molar-refractivity contribution >= 4 is 39.3 Å². The van der Waals surface area contributed by atoms with Crippen molar-refractivity contribution in [2.75, 3.05) is 6.61 Å². The molecular formula is C16H17IO3. The molecule has 20 heavy (non-hydrogen) atoms. The molecule has 1 N–H and O–H groups in total. The van der Waals surface area contributed by atoms with Crippen LogP contribution in [-0.4, -0.2) is 21.6 Å². The minimum absolute atomic E-state index is 0.0795. The van der Waals surface area contributed by atoms with Crippen LogP contribution in [0.5, 0.6) is 5.75 Å². The van der Waals surface area contributed by atoms with Crippen molar-refractivity contribution in [2.45, 2.75) is 23.7 Å². The van der Waals surface area contributed by atoms with Crippen molar-refractivity contribution in [1.82, 2.24) is 0 Å². The number of carbonyl (C=O) groups is 1. The fraction of sp³-hybridized carbons (Fsp3) is 0.312. The predicted octanol–water partition coefficient (Wildman–Crippen LogP) is 3.84. The van der Waals surface area contributed by atoms with Crippen LogP contribution in [0.3, 0.4) is 0 Å². The molecule has 0 aliphatic heterocycles. The summed E-state index contributed by atoms with van der Waals surface area (Å²) in [6.45, 7) is 2.33. The number of rotatable bonds is 5. The largest absolute Gasteiger partial charge is 0.507 e. The first kappa shape index (κ1) is 15.1. The third-order valence-electron chi connectivity index (χ3n) is 3.22. The number of benzene rings is 2. The Morgan fingerprint density at radius 2 is 1.95 bits per heavy atom. The maximum absolute atomic E-state index is 11.6. The number of hydrogen-bond donors (Lipinski definition) is 1. The fourth-order valence-electron chi connectivity index (χ4n) is 2.10. The number of phenolic OH excluding ortho intramolecular Hbond substituents is 1. The second-order valence-electron chi connectivity index (χ2n) is 4.58. The lowest BCUT2D eigenvalue weighted by Gasteiger charge is -2.10. The van der Waals surface area contributed by atoms with E-state index in [0.717, 1.165) is 22.8 Å². The van der Waals surface area contributed by atoms with Crippen LogP contribution in [0.25, 0.3) is 10.8 Å². The second-order valence-corrected chi connectivity index (χ2v) is 6.09. The molecule has 1 unspecified atom stereocenters. The highest BCUT2D eigenvalue weighted by atomic mass is 127. The average molecular weight is 384 g/mol. The topological polar surface area (TPSA) is 46.5 Å². The summed E-state index contributed by atoms with van der Waals surface area (Å²) in [6, 6.07) is 11.3. The number of aromatic hydroxyl groups is 1. The quantitative estimate of drug-likeness (QED) is 0.484. The van der Waals surface area contributed by atoms with Crippen molar-refractivity contribution < 1.29 is 14.6 Å².